The van der Waals surface area contributed by atoms with Gasteiger partial charge in [0.2, 0.25) is 0 Å². The topological polar surface area (TPSA) is 82.5 Å². The summed E-state index contributed by atoms with van der Waals surface area (Å²) < 4.78 is 0. The van der Waals surface area contributed by atoms with E-state index >= 15 is 0 Å². The summed E-state index contributed by atoms with van der Waals surface area (Å²) in [6, 6.07) is 1.51. The van der Waals surface area contributed by atoms with E-state index in [1.54, 1.807) is 13.1 Å². The summed E-state index contributed by atoms with van der Waals surface area (Å²) >= 11 is 0. The maximum absolute atomic E-state index is 11.0. The number of aromatic nitrogens is 1. The number of rotatable bonds is 0. The standard InChI is InChI=1S/C8H8N2O3/c1-4-2-5-6(9-3-4)10-7(11)8(5,12)13/h2-3,12-13H,1H3,(H,9,10,11). The Morgan fingerprint density at radius 2 is 2.23 bits per heavy atom. The van der Waals surface area contributed by atoms with E-state index in [1.165, 1.54) is 6.07 Å². The zero-order valence-electron chi connectivity index (χ0n) is 6.90. The molecule has 68 valence electrons. The van der Waals surface area contributed by atoms with Crippen LogP contribution in [0.15, 0.2) is 12.3 Å². The Kier molecular flexibility index (Phi) is 1.43. The molecule has 0 aromatic carbocycles. The highest BCUT2D eigenvalue weighted by Crippen LogP contribution is 2.32. The third-order valence-electron chi connectivity index (χ3n) is 1.95. The molecule has 5 heteroatoms. The molecule has 0 fully saturated rings. The van der Waals surface area contributed by atoms with E-state index in [1.807, 2.05) is 0 Å². The number of nitrogens with zero attached hydrogens (tertiary/aromatic N) is 1. The Balaban J connectivity index is 2.64. The van der Waals surface area contributed by atoms with Gasteiger partial charge in [-0.3, -0.25) is 4.79 Å². The van der Waals surface area contributed by atoms with E-state index in [4.69, 9.17) is 0 Å². The van der Waals surface area contributed by atoms with E-state index in [0.29, 0.717) is 0 Å². The summed E-state index contributed by atoms with van der Waals surface area (Å²) in [7, 11) is 0. The molecule has 0 saturated carbocycles. The first-order chi connectivity index (χ1) is 6.01. The average molecular weight is 180 g/mol. The van der Waals surface area contributed by atoms with E-state index in [-0.39, 0.29) is 11.4 Å². The Morgan fingerprint density at radius 1 is 1.54 bits per heavy atom. The molecule has 0 aliphatic carbocycles. The molecule has 2 heterocycles. The molecule has 1 aliphatic rings. The zero-order chi connectivity index (χ0) is 9.64. The molecule has 0 radical (unpaired) electrons. The molecule has 1 aromatic rings. The molecular formula is C8H8N2O3. The Bertz CT molecular complexity index is 387. The van der Waals surface area contributed by atoms with E-state index < -0.39 is 11.7 Å². The first-order valence-corrected chi connectivity index (χ1v) is 3.75. The number of carbonyl (C=O) groups excluding carboxylic acids is 1. The number of carbonyl (C=O) groups is 1. The van der Waals surface area contributed by atoms with Crippen molar-refractivity contribution in [2.75, 3.05) is 5.32 Å². The molecule has 5 nitrogen and oxygen atoms in total. The van der Waals surface area contributed by atoms with Crippen molar-refractivity contribution < 1.29 is 15.0 Å². The fraction of sp³-hybridized carbons (Fsp3) is 0.250. The van der Waals surface area contributed by atoms with Gasteiger partial charge in [-0.25, -0.2) is 4.98 Å². The number of aliphatic hydroxyl groups is 2. The Hall–Kier alpha value is -1.46. The number of fused-ring (bicyclic) bond motifs is 1. The molecule has 2 rings (SSSR count). The predicted octanol–water partition coefficient (Wildman–Crippen LogP) is -0.520. The summed E-state index contributed by atoms with van der Waals surface area (Å²) in [4.78, 5) is 14.9. The minimum Gasteiger partial charge on any atom is -0.354 e. The van der Waals surface area contributed by atoms with Crippen LogP contribution in [0.2, 0.25) is 0 Å². The van der Waals surface area contributed by atoms with Crippen molar-refractivity contribution in [1.29, 1.82) is 0 Å². The highest BCUT2D eigenvalue weighted by molar-refractivity contribution is 6.02. The Labute approximate surface area is 74.0 Å². The second kappa shape index (κ2) is 2.27. The van der Waals surface area contributed by atoms with Crippen LogP contribution in [-0.4, -0.2) is 21.1 Å². The largest absolute Gasteiger partial charge is 0.354 e. The molecule has 0 bridgehead atoms. The quantitative estimate of drug-likeness (QED) is 0.469. The molecule has 0 atom stereocenters. The van der Waals surface area contributed by atoms with Crippen molar-refractivity contribution in [3.05, 3.63) is 23.4 Å². The molecule has 0 spiro atoms. The summed E-state index contributed by atoms with van der Waals surface area (Å²) in [5, 5.41) is 21.0. The van der Waals surface area contributed by atoms with Crippen molar-refractivity contribution in [3.8, 4) is 0 Å². The van der Waals surface area contributed by atoms with Gasteiger partial charge in [-0.2, -0.15) is 0 Å². The lowest BCUT2D eigenvalue weighted by molar-refractivity contribution is -0.180. The molecule has 1 amide bonds. The first kappa shape index (κ1) is 8.15. The summed E-state index contributed by atoms with van der Waals surface area (Å²) in [5.74, 6) is -3.09. The lowest BCUT2D eigenvalue weighted by Gasteiger charge is -2.11. The number of anilines is 1. The first-order valence-electron chi connectivity index (χ1n) is 3.75. The molecule has 0 saturated heterocycles. The number of nitrogens with one attached hydrogen (secondary N) is 1. The molecule has 13 heavy (non-hydrogen) atoms. The highest BCUT2D eigenvalue weighted by Gasteiger charge is 2.44. The van der Waals surface area contributed by atoms with Crippen molar-refractivity contribution in [3.63, 3.8) is 0 Å². The second-order valence-electron chi connectivity index (χ2n) is 3.04. The van der Waals surface area contributed by atoms with Crippen LogP contribution >= 0.6 is 0 Å². The summed E-state index contributed by atoms with van der Waals surface area (Å²) in [5.41, 5.74) is 0.875. The van der Waals surface area contributed by atoms with Gasteiger partial charge in [-0.1, -0.05) is 0 Å². The van der Waals surface area contributed by atoms with Crippen LogP contribution in [0.4, 0.5) is 5.82 Å². The minimum atomic E-state index is -2.44. The van der Waals surface area contributed by atoms with Crippen molar-refractivity contribution in [2.45, 2.75) is 12.7 Å². The third-order valence-corrected chi connectivity index (χ3v) is 1.95. The van der Waals surface area contributed by atoms with Crippen molar-refractivity contribution >= 4 is 11.7 Å². The molecular weight excluding hydrogens is 172 g/mol. The van der Waals surface area contributed by atoms with Crippen molar-refractivity contribution in [2.24, 2.45) is 0 Å². The smallest absolute Gasteiger partial charge is 0.290 e. The fourth-order valence-electron chi connectivity index (χ4n) is 1.25. The van der Waals surface area contributed by atoms with Crippen LogP contribution in [0.3, 0.4) is 0 Å². The predicted molar refractivity (Wildman–Crippen MR) is 43.7 cm³/mol. The van der Waals surface area contributed by atoms with Gasteiger partial charge in [0.15, 0.2) is 0 Å². The molecule has 1 aromatic heterocycles. The molecule has 1 aliphatic heterocycles. The maximum Gasteiger partial charge on any atom is 0.290 e. The summed E-state index contributed by atoms with van der Waals surface area (Å²) in [6.45, 7) is 1.76. The van der Waals surface area contributed by atoms with E-state index in [2.05, 4.69) is 10.3 Å². The van der Waals surface area contributed by atoms with Gasteiger partial charge >= 0.3 is 0 Å². The molecule has 3 N–H and O–H groups in total. The van der Waals surface area contributed by atoms with Gasteiger partial charge in [0, 0.05) is 6.20 Å². The number of pyridine rings is 1. The van der Waals surface area contributed by atoms with Crippen LogP contribution in [-0.2, 0) is 10.6 Å². The van der Waals surface area contributed by atoms with E-state index in [0.717, 1.165) is 5.56 Å². The highest BCUT2D eigenvalue weighted by atomic mass is 16.5. The minimum absolute atomic E-state index is 0.109. The van der Waals surface area contributed by atoms with Gasteiger partial charge in [-0.05, 0) is 18.6 Å². The lowest BCUT2D eigenvalue weighted by atomic mass is 10.1. The summed E-state index contributed by atoms with van der Waals surface area (Å²) in [6.07, 6.45) is 1.54. The number of aryl methyl sites for hydroxylation is 1. The third kappa shape index (κ3) is 1.01. The van der Waals surface area contributed by atoms with Gasteiger partial charge in [0.1, 0.15) is 5.82 Å². The fourth-order valence-corrected chi connectivity index (χ4v) is 1.25. The van der Waals surface area contributed by atoms with Crippen LogP contribution in [0.5, 0.6) is 0 Å². The molecule has 0 unspecified atom stereocenters. The number of hydrogen-bond donors (Lipinski definition) is 3. The SMILES string of the molecule is Cc1cnc2c(c1)C(O)(O)C(=O)N2. The van der Waals surface area contributed by atoms with Crippen LogP contribution in [0.25, 0.3) is 0 Å². The lowest BCUT2D eigenvalue weighted by Crippen LogP contribution is -2.33. The van der Waals surface area contributed by atoms with Crippen LogP contribution in [0.1, 0.15) is 11.1 Å². The average Bonchev–Trinajstić information content (AvgIpc) is 2.27. The second-order valence-corrected chi connectivity index (χ2v) is 3.04. The van der Waals surface area contributed by atoms with E-state index in [9.17, 15) is 15.0 Å². The monoisotopic (exact) mass is 180 g/mol. The number of hydrogen-bond acceptors (Lipinski definition) is 4. The normalized spacial score (nSPS) is 18.2. The maximum atomic E-state index is 11.0. The Morgan fingerprint density at radius 3 is 2.92 bits per heavy atom. The number of amides is 1. The van der Waals surface area contributed by atoms with Crippen molar-refractivity contribution in [1.82, 2.24) is 4.98 Å². The van der Waals surface area contributed by atoms with Gasteiger partial charge < -0.3 is 15.5 Å². The van der Waals surface area contributed by atoms with Crippen LogP contribution < -0.4 is 5.32 Å². The zero-order valence-corrected chi connectivity index (χ0v) is 6.90. The van der Waals surface area contributed by atoms with Crippen LogP contribution in [0, 0.1) is 6.92 Å². The van der Waals surface area contributed by atoms with Gasteiger partial charge in [-0.15, -0.1) is 0 Å². The van der Waals surface area contributed by atoms with Gasteiger partial charge in [0.25, 0.3) is 11.7 Å². The van der Waals surface area contributed by atoms with Gasteiger partial charge in [0.05, 0.1) is 5.56 Å².